The molecule has 0 fully saturated rings. The van der Waals surface area contributed by atoms with E-state index in [1.165, 1.54) is 11.9 Å². The van der Waals surface area contributed by atoms with Crippen LogP contribution in [0.2, 0.25) is 0 Å². The molecule has 86 valence electrons. The number of hydrogen-bond donors (Lipinski definition) is 1. The maximum atomic E-state index is 12.0. The van der Waals surface area contributed by atoms with Crippen LogP contribution in [0.25, 0.3) is 0 Å². The molecule has 0 heterocycles. The Balaban J connectivity index is 4.10. The highest BCUT2D eigenvalue weighted by Gasteiger charge is 2.31. The van der Waals surface area contributed by atoms with Crippen molar-refractivity contribution >= 4 is 0 Å². The van der Waals surface area contributed by atoms with Gasteiger partial charge < -0.3 is 5.73 Å². The second kappa shape index (κ2) is 4.98. The minimum Gasteiger partial charge on any atom is -0.330 e. The largest absolute Gasteiger partial charge is 0.401 e. The lowest BCUT2D eigenvalue weighted by molar-refractivity contribution is -0.145. The van der Waals surface area contributed by atoms with Gasteiger partial charge in [0.05, 0.1) is 6.54 Å². The summed E-state index contributed by atoms with van der Waals surface area (Å²) in [5.41, 5.74) is 5.30. The highest BCUT2D eigenvalue weighted by Crippen LogP contribution is 2.22. The van der Waals surface area contributed by atoms with Crippen LogP contribution in [0.5, 0.6) is 0 Å². The van der Waals surface area contributed by atoms with Crippen molar-refractivity contribution in [3.05, 3.63) is 0 Å². The van der Waals surface area contributed by atoms with E-state index in [-0.39, 0.29) is 5.41 Å². The van der Waals surface area contributed by atoms with Gasteiger partial charge in [0.15, 0.2) is 0 Å². The Morgan fingerprint density at radius 3 is 2.00 bits per heavy atom. The molecule has 0 aliphatic heterocycles. The summed E-state index contributed by atoms with van der Waals surface area (Å²) in [5, 5.41) is 0. The lowest BCUT2D eigenvalue weighted by Gasteiger charge is -2.32. The van der Waals surface area contributed by atoms with E-state index in [2.05, 4.69) is 0 Å². The van der Waals surface area contributed by atoms with Crippen molar-refractivity contribution in [2.75, 3.05) is 26.7 Å². The van der Waals surface area contributed by atoms with Crippen LogP contribution in [-0.4, -0.2) is 37.8 Å². The van der Waals surface area contributed by atoms with Gasteiger partial charge in [-0.05, 0) is 25.4 Å². The molecule has 0 aromatic rings. The molecular weight excluding hydrogens is 193 g/mol. The Kier molecular flexibility index (Phi) is 4.88. The summed E-state index contributed by atoms with van der Waals surface area (Å²) in [7, 11) is 1.47. The molecule has 0 amide bonds. The summed E-state index contributed by atoms with van der Waals surface area (Å²) in [5.74, 6) is 0. The van der Waals surface area contributed by atoms with E-state index >= 15 is 0 Å². The van der Waals surface area contributed by atoms with E-state index in [0.29, 0.717) is 13.1 Å². The molecule has 5 heteroatoms. The second-order valence-electron chi connectivity index (χ2n) is 4.16. The van der Waals surface area contributed by atoms with E-state index < -0.39 is 12.7 Å². The fourth-order valence-corrected chi connectivity index (χ4v) is 1.33. The average molecular weight is 212 g/mol. The predicted octanol–water partition coefficient (Wildman–Crippen LogP) is 1.86. The molecule has 0 radical (unpaired) electrons. The fraction of sp³-hybridized carbons (Fsp3) is 1.00. The normalized spacial score (nSPS) is 17.1. The summed E-state index contributed by atoms with van der Waals surface area (Å²) < 4.78 is 36.0. The van der Waals surface area contributed by atoms with Crippen molar-refractivity contribution in [3.63, 3.8) is 0 Å². The van der Waals surface area contributed by atoms with Crippen molar-refractivity contribution in [3.8, 4) is 0 Å². The van der Waals surface area contributed by atoms with Gasteiger partial charge in [-0.1, -0.05) is 13.8 Å². The molecule has 0 aliphatic rings. The summed E-state index contributed by atoms with van der Waals surface area (Å²) in [6, 6.07) is 0. The summed E-state index contributed by atoms with van der Waals surface area (Å²) in [6.45, 7) is 3.75. The third kappa shape index (κ3) is 5.44. The Labute approximate surface area is 83.3 Å². The molecule has 0 rings (SSSR count). The molecule has 1 atom stereocenters. The van der Waals surface area contributed by atoms with Crippen LogP contribution in [-0.2, 0) is 0 Å². The third-order valence-corrected chi connectivity index (χ3v) is 2.45. The van der Waals surface area contributed by atoms with Crippen molar-refractivity contribution in [1.82, 2.24) is 4.90 Å². The van der Waals surface area contributed by atoms with Gasteiger partial charge in [0.25, 0.3) is 0 Å². The maximum absolute atomic E-state index is 12.0. The zero-order chi connectivity index (χ0) is 11.4. The van der Waals surface area contributed by atoms with Crippen LogP contribution < -0.4 is 5.73 Å². The lowest BCUT2D eigenvalue weighted by Crippen LogP contribution is -2.42. The molecule has 0 spiro atoms. The van der Waals surface area contributed by atoms with Crippen molar-refractivity contribution in [2.45, 2.75) is 26.4 Å². The van der Waals surface area contributed by atoms with Gasteiger partial charge in [0.2, 0.25) is 0 Å². The Hall–Kier alpha value is -0.290. The third-order valence-electron chi connectivity index (χ3n) is 2.45. The van der Waals surface area contributed by atoms with E-state index in [0.717, 1.165) is 6.42 Å². The van der Waals surface area contributed by atoms with Gasteiger partial charge in [-0.3, -0.25) is 4.90 Å². The van der Waals surface area contributed by atoms with Crippen LogP contribution in [0, 0.1) is 5.41 Å². The first kappa shape index (κ1) is 13.7. The van der Waals surface area contributed by atoms with Crippen LogP contribution in [0.1, 0.15) is 20.3 Å². The lowest BCUT2D eigenvalue weighted by atomic mass is 9.87. The van der Waals surface area contributed by atoms with Crippen LogP contribution in [0.3, 0.4) is 0 Å². The smallest absolute Gasteiger partial charge is 0.330 e. The molecule has 0 aromatic carbocycles. The quantitative estimate of drug-likeness (QED) is 0.753. The first-order chi connectivity index (χ1) is 6.22. The van der Waals surface area contributed by atoms with Gasteiger partial charge in [0, 0.05) is 6.54 Å². The molecule has 1 unspecified atom stereocenters. The zero-order valence-corrected chi connectivity index (χ0v) is 8.99. The van der Waals surface area contributed by atoms with Crippen molar-refractivity contribution in [1.29, 1.82) is 0 Å². The molecule has 0 bridgehead atoms. The van der Waals surface area contributed by atoms with Gasteiger partial charge in [-0.15, -0.1) is 0 Å². The minimum absolute atomic E-state index is 0.222. The first-order valence-electron chi connectivity index (χ1n) is 4.68. The fourth-order valence-electron chi connectivity index (χ4n) is 1.33. The monoisotopic (exact) mass is 212 g/mol. The number of hydrogen-bond acceptors (Lipinski definition) is 2. The number of halogens is 3. The molecule has 0 saturated carbocycles. The molecular formula is C9H19F3N2. The first-order valence-corrected chi connectivity index (χ1v) is 4.68. The van der Waals surface area contributed by atoms with Crippen molar-refractivity contribution in [2.24, 2.45) is 11.1 Å². The van der Waals surface area contributed by atoms with E-state index in [4.69, 9.17) is 5.73 Å². The highest BCUT2D eigenvalue weighted by atomic mass is 19.4. The number of nitrogens with two attached hydrogens (primary N) is 1. The summed E-state index contributed by atoms with van der Waals surface area (Å²) in [6.07, 6.45) is -3.34. The maximum Gasteiger partial charge on any atom is 0.401 e. The minimum atomic E-state index is -4.13. The molecule has 2 N–H and O–H groups in total. The molecule has 2 nitrogen and oxygen atoms in total. The van der Waals surface area contributed by atoms with Crippen LogP contribution >= 0.6 is 0 Å². The van der Waals surface area contributed by atoms with Crippen molar-refractivity contribution < 1.29 is 13.2 Å². The topological polar surface area (TPSA) is 29.3 Å². The van der Waals surface area contributed by atoms with E-state index in [1.807, 2.05) is 13.8 Å². The van der Waals surface area contributed by atoms with Gasteiger partial charge in [0.1, 0.15) is 0 Å². The van der Waals surface area contributed by atoms with Crippen LogP contribution in [0.15, 0.2) is 0 Å². The Morgan fingerprint density at radius 1 is 1.21 bits per heavy atom. The molecule has 14 heavy (non-hydrogen) atoms. The Bertz CT molecular complexity index is 164. The van der Waals surface area contributed by atoms with E-state index in [1.54, 1.807) is 0 Å². The van der Waals surface area contributed by atoms with Gasteiger partial charge >= 0.3 is 6.18 Å². The van der Waals surface area contributed by atoms with Gasteiger partial charge in [-0.2, -0.15) is 13.2 Å². The zero-order valence-electron chi connectivity index (χ0n) is 8.99. The number of alkyl halides is 3. The second-order valence-corrected chi connectivity index (χ2v) is 4.16. The average Bonchev–Trinajstić information content (AvgIpc) is 2.00. The summed E-state index contributed by atoms with van der Waals surface area (Å²) in [4.78, 5) is 1.27. The number of nitrogens with zero attached hydrogens (tertiary/aromatic N) is 1. The SMILES string of the molecule is CCC(C)(CN)CN(C)CC(F)(F)F. The standard InChI is InChI=1S/C9H19F3N2/c1-4-8(2,5-13)6-14(3)7-9(10,11)12/h4-7,13H2,1-3H3. The molecule has 0 saturated heterocycles. The molecule has 0 aliphatic carbocycles. The van der Waals surface area contributed by atoms with E-state index in [9.17, 15) is 13.2 Å². The number of rotatable bonds is 5. The summed E-state index contributed by atoms with van der Waals surface area (Å²) >= 11 is 0. The highest BCUT2D eigenvalue weighted by molar-refractivity contribution is 4.77. The van der Waals surface area contributed by atoms with Gasteiger partial charge in [-0.25, -0.2) is 0 Å². The molecule has 0 aromatic heterocycles. The Morgan fingerprint density at radius 2 is 1.71 bits per heavy atom. The predicted molar refractivity (Wildman–Crippen MR) is 51.0 cm³/mol. The van der Waals surface area contributed by atoms with Crippen LogP contribution in [0.4, 0.5) is 13.2 Å².